The van der Waals surface area contributed by atoms with E-state index < -0.39 is 0 Å². The molecule has 1 aromatic carbocycles. The van der Waals surface area contributed by atoms with Gasteiger partial charge in [0.1, 0.15) is 11.9 Å². The van der Waals surface area contributed by atoms with Crippen molar-refractivity contribution in [1.82, 2.24) is 0 Å². The molecule has 1 aliphatic heterocycles. The van der Waals surface area contributed by atoms with E-state index in [0.29, 0.717) is 18.2 Å². The van der Waals surface area contributed by atoms with E-state index in [0.717, 1.165) is 18.3 Å². The van der Waals surface area contributed by atoms with E-state index >= 15 is 0 Å². The standard InChI is InChI=1S/C30H52N2O/c1-6-7-8-9-10-11-12-13-14-17-22-33-27-20-21-28-29(23-27)32(25(4)5)30(31(28)24(2)3)26-18-15-16-19-26/h20-21,23-26,30H,6-19,22H2,1-5H3. The van der Waals surface area contributed by atoms with Crippen molar-refractivity contribution < 1.29 is 4.74 Å². The third kappa shape index (κ3) is 7.06. The van der Waals surface area contributed by atoms with E-state index in [9.17, 15) is 0 Å². The highest BCUT2D eigenvalue weighted by molar-refractivity contribution is 5.80. The number of hydrogen-bond acceptors (Lipinski definition) is 3. The van der Waals surface area contributed by atoms with Crippen LogP contribution in [0.1, 0.15) is 125 Å². The highest BCUT2D eigenvalue weighted by atomic mass is 16.5. The minimum Gasteiger partial charge on any atom is -0.494 e. The zero-order chi connectivity index (χ0) is 23.6. The van der Waals surface area contributed by atoms with Gasteiger partial charge >= 0.3 is 0 Å². The minimum absolute atomic E-state index is 0.496. The van der Waals surface area contributed by atoms with Crippen LogP contribution in [-0.4, -0.2) is 24.9 Å². The average molecular weight is 457 g/mol. The van der Waals surface area contributed by atoms with Gasteiger partial charge in [0.15, 0.2) is 0 Å². The van der Waals surface area contributed by atoms with E-state index in [1.54, 1.807) is 0 Å². The predicted molar refractivity (Wildman–Crippen MR) is 145 cm³/mol. The quantitative estimate of drug-likeness (QED) is 0.245. The molecular formula is C30H52N2O. The molecule has 0 radical (unpaired) electrons. The van der Waals surface area contributed by atoms with Crippen LogP contribution in [0.3, 0.4) is 0 Å². The first kappa shape index (κ1) is 26.2. The summed E-state index contributed by atoms with van der Waals surface area (Å²) in [4.78, 5) is 5.38. The van der Waals surface area contributed by atoms with Crippen molar-refractivity contribution in [1.29, 1.82) is 0 Å². The predicted octanol–water partition coefficient (Wildman–Crippen LogP) is 8.95. The minimum atomic E-state index is 0.496. The number of benzene rings is 1. The van der Waals surface area contributed by atoms with Gasteiger partial charge in [-0.1, -0.05) is 77.6 Å². The summed E-state index contributed by atoms with van der Waals surface area (Å²) in [7, 11) is 0. The summed E-state index contributed by atoms with van der Waals surface area (Å²) in [5, 5.41) is 0. The van der Waals surface area contributed by atoms with Gasteiger partial charge in [0.25, 0.3) is 0 Å². The second-order valence-electron chi connectivity index (χ2n) is 11.1. The summed E-state index contributed by atoms with van der Waals surface area (Å²) >= 11 is 0. The first-order chi connectivity index (χ1) is 16.0. The first-order valence-corrected chi connectivity index (χ1v) is 14.4. The molecule has 0 aromatic heterocycles. The number of unbranched alkanes of at least 4 members (excludes halogenated alkanes) is 9. The van der Waals surface area contributed by atoms with Crippen LogP contribution in [0.5, 0.6) is 5.75 Å². The van der Waals surface area contributed by atoms with Crippen molar-refractivity contribution in [2.75, 3.05) is 16.4 Å². The molecule has 1 saturated carbocycles. The smallest absolute Gasteiger partial charge is 0.121 e. The molecule has 2 aliphatic rings. The molecule has 1 fully saturated rings. The Bertz CT molecular complexity index is 680. The van der Waals surface area contributed by atoms with Crippen LogP contribution in [0, 0.1) is 5.92 Å². The Kier molecular flexibility index (Phi) is 10.7. The largest absolute Gasteiger partial charge is 0.494 e. The highest BCUT2D eigenvalue weighted by Crippen LogP contribution is 2.48. The second-order valence-corrected chi connectivity index (χ2v) is 11.1. The van der Waals surface area contributed by atoms with Crippen molar-refractivity contribution in [2.24, 2.45) is 5.92 Å². The van der Waals surface area contributed by atoms with Crippen molar-refractivity contribution in [3.05, 3.63) is 18.2 Å². The SMILES string of the molecule is CCCCCCCCCCCCOc1ccc2c(c1)N(C(C)C)C(C1CCCC1)N2C(C)C. The Hall–Kier alpha value is -1.38. The molecule has 1 heterocycles. The van der Waals surface area contributed by atoms with E-state index in [1.807, 2.05) is 0 Å². The van der Waals surface area contributed by atoms with Gasteiger partial charge in [-0.2, -0.15) is 0 Å². The van der Waals surface area contributed by atoms with Gasteiger partial charge < -0.3 is 14.5 Å². The molecule has 3 heteroatoms. The molecule has 33 heavy (non-hydrogen) atoms. The molecular weight excluding hydrogens is 404 g/mol. The zero-order valence-corrected chi connectivity index (χ0v) is 22.5. The maximum absolute atomic E-state index is 6.24. The van der Waals surface area contributed by atoms with Gasteiger partial charge in [0, 0.05) is 18.2 Å². The maximum atomic E-state index is 6.24. The third-order valence-corrected chi connectivity index (χ3v) is 7.77. The van der Waals surface area contributed by atoms with Gasteiger partial charge in [-0.3, -0.25) is 0 Å². The molecule has 3 rings (SSSR count). The van der Waals surface area contributed by atoms with E-state index in [2.05, 4.69) is 62.6 Å². The number of hydrogen-bond donors (Lipinski definition) is 0. The molecule has 3 nitrogen and oxygen atoms in total. The van der Waals surface area contributed by atoms with E-state index in [4.69, 9.17) is 4.74 Å². The van der Waals surface area contributed by atoms with Crippen molar-refractivity contribution >= 4 is 11.4 Å². The van der Waals surface area contributed by atoms with Crippen LogP contribution in [-0.2, 0) is 0 Å². The molecule has 0 bridgehead atoms. The molecule has 0 spiro atoms. The molecule has 1 atom stereocenters. The summed E-state index contributed by atoms with van der Waals surface area (Å²) in [6.45, 7) is 12.5. The van der Waals surface area contributed by atoms with Crippen molar-refractivity contribution in [3.8, 4) is 5.75 Å². The van der Waals surface area contributed by atoms with Crippen LogP contribution in [0.25, 0.3) is 0 Å². The fourth-order valence-corrected chi connectivity index (χ4v) is 6.09. The Balaban J connectivity index is 1.50. The number of ether oxygens (including phenoxy) is 1. The van der Waals surface area contributed by atoms with Gasteiger partial charge in [-0.25, -0.2) is 0 Å². The normalized spacial score (nSPS) is 18.7. The molecule has 0 saturated heterocycles. The lowest BCUT2D eigenvalue weighted by molar-refractivity contribution is 0.304. The average Bonchev–Trinajstić information content (AvgIpc) is 3.43. The summed E-state index contributed by atoms with van der Waals surface area (Å²) in [5.74, 6) is 1.82. The Morgan fingerprint density at radius 3 is 1.88 bits per heavy atom. The second kappa shape index (κ2) is 13.5. The zero-order valence-electron chi connectivity index (χ0n) is 22.5. The molecule has 0 amide bonds. The van der Waals surface area contributed by atoms with Crippen LogP contribution in [0.15, 0.2) is 18.2 Å². The van der Waals surface area contributed by atoms with Crippen LogP contribution >= 0.6 is 0 Å². The Labute approximate surface area is 205 Å². The fraction of sp³-hybridized carbons (Fsp3) is 0.800. The van der Waals surface area contributed by atoms with Gasteiger partial charge in [0.2, 0.25) is 0 Å². The van der Waals surface area contributed by atoms with Crippen LogP contribution < -0.4 is 14.5 Å². The molecule has 188 valence electrons. The third-order valence-electron chi connectivity index (χ3n) is 7.77. The van der Waals surface area contributed by atoms with E-state index in [-0.39, 0.29) is 0 Å². The molecule has 1 aliphatic carbocycles. The Morgan fingerprint density at radius 2 is 1.30 bits per heavy atom. The first-order valence-electron chi connectivity index (χ1n) is 14.4. The monoisotopic (exact) mass is 456 g/mol. The number of rotatable bonds is 15. The van der Waals surface area contributed by atoms with Gasteiger partial charge in [0.05, 0.1) is 18.0 Å². The molecule has 1 unspecified atom stereocenters. The summed E-state index contributed by atoms with van der Waals surface area (Å²) in [5.41, 5.74) is 2.79. The van der Waals surface area contributed by atoms with Gasteiger partial charge in [-0.05, 0) is 65.0 Å². The van der Waals surface area contributed by atoms with E-state index in [1.165, 1.54) is 101 Å². The highest BCUT2D eigenvalue weighted by Gasteiger charge is 2.43. The number of nitrogens with zero attached hydrogens (tertiary/aromatic N) is 2. The van der Waals surface area contributed by atoms with Gasteiger partial charge in [-0.15, -0.1) is 0 Å². The molecule has 1 aromatic rings. The van der Waals surface area contributed by atoms with Crippen LogP contribution in [0.2, 0.25) is 0 Å². The van der Waals surface area contributed by atoms with Crippen molar-refractivity contribution in [2.45, 2.75) is 143 Å². The summed E-state index contributed by atoms with van der Waals surface area (Å²) in [6.07, 6.45) is 19.7. The fourth-order valence-electron chi connectivity index (χ4n) is 6.09. The number of anilines is 2. The summed E-state index contributed by atoms with van der Waals surface area (Å²) in [6, 6.07) is 7.87. The number of fused-ring (bicyclic) bond motifs is 1. The van der Waals surface area contributed by atoms with Crippen LogP contribution in [0.4, 0.5) is 11.4 Å². The lowest BCUT2D eigenvalue weighted by Gasteiger charge is -2.41. The van der Waals surface area contributed by atoms with Crippen molar-refractivity contribution in [3.63, 3.8) is 0 Å². The topological polar surface area (TPSA) is 15.7 Å². The Morgan fingerprint density at radius 1 is 0.758 bits per heavy atom. The lowest BCUT2D eigenvalue weighted by atomic mass is 10.0. The lowest BCUT2D eigenvalue weighted by Crippen LogP contribution is -2.52. The summed E-state index contributed by atoms with van der Waals surface area (Å²) < 4.78 is 6.24. The molecule has 0 N–H and O–H groups in total. The maximum Gasteiger partial charge on any atom is 0.121 e.